The number of nitrogens with zero attached hydrogens (tertiary/aromatic N) is 1. The molecule has 1 aliphatic rings. The SMILES string of the molecule is NC1CCC(NC(=O)c2ccccn2)CC1. The first-order valence-corrected chi connectivity index (χ1v) is 5.73. The maximum atomic E-state index is 11.8. The molecule has 1 aromatic rings. The molecule has 0 radical (unpaired) electrons. The summed E-state index contributed by atoms with van der Waals surface area (Å²) in [7, 11) is 0. The van der Waals surface area contributed by atoms with E-state index in [0.717, 1.165) is 25.7 Å². The van der Waals surface area contributed by atoms with Crippen LogP contribution in [0.5, 0.6) is 0 Å². The Bertz CT molecular complexity index is 345. The molecule has 4 heteroatoms. The summed E-state index contributed by atoms with van der Waals surface area (Å²) in [5, 5.41) is 3.00. The van der Waals surface area contributed by atoms with Gasteiger partial charge < -0.3 is 11.1 Å². The van der Waals surface area contributed by atoms with Crippen molar-refractivity contribution < 1.29 is 4.79 Å². The third-order valence-electron chi connectivity index (χ3n) is 3.00. The van der Waals surface area contributed by atoms with Crippen molar-refractivity contribution in [2.75, 3.05) is 0 Å². The molecule has 1 amide bonds. The fraction of sp³-hybridized carbons (Fsp3) is 0.500. The van der Waals surface area contributed by atoms with Crippen molar-refractivity contribution in [1.29, 1.82) is 0 Å². The maximum Gasteiger partial charge on any atom is 0.270 e. The summed E-state index contributed by atoms with van der Waals surface area (Å²) in [5.74, 6) is -0.0823. The number of hydrogen-bond donors (Lipinski definition) is 2. The second-order valence-electron chi connectivity index (χ2n) is 4.30. The molecule has 0 aliphatic heterocycles. The van der Waals surface area contributed by atoms with Gasteiger partial charge in [-0.1, -0.05) is 6.07 Å². The minimum atomic E-state index is -0.0823. The summed E-state index contributed by atoms with van der Waals surface area (Å²) >= 11 is 0. The molecule has 4 nitrogen and oxygen atoms in total. The maximum absolute atomic E-state index is 11.8. The Kier molecular flexibility index (Phi) is 3.51. The first-order valence-electron chi connectivity index (χ1n) is 5.73. The number of pyridine rings is 1. The predicted molar refractivity (Wildman–Crippen MR) is 61.9 cm³/mol. The van der Waals surface area contributed by atoms with E-state index in [1.807, 2.05) is 6.07 Å². The zero-order chi connectivity index (χ0) is 11.4. The summed E-state index contributed by atoms with van der Waals surface area (Å²) in [5.41, 5.74) is 6.30. The molecule has 3 N–H and O–H groups in total. The molecule has 0 atom stereocenters. The number of rotatable bonds is 2. The van der Waals surface area contributed by atoms with Crippen LogP contribution in [-0.2, 0) is 0 Å². The standard InChI is InChI=1S/C12H17N3O/c13-9-4-6-10(7-5-9)15-12(16)11-3-1-2-8-14-11/h1-3,8-10H,4-7,13H2,(H,15,16). The van der Waals surface area contributed by atoms with Crippen LogP contribution in [0.4, 0.5) is 0 Å². The summed E-state index contributed by atoms with van der Waals surface area (Å²) in [6.07, 6.45) is 5.56. The van der Waals surface area contributed by atoms with Gasteiger partial charge in [-0.25, -0.2) is 0 Å². The quantitative estimate of drug-likeness (QED) is 0.782. The largest absolute Gasteiger partial charge is 0.348 e. The molecule has 1 saturated carbocycles. The lowest BCUT2D eigenvalue weighted by Crippen LogP contribution is -2.40. The van der Waals surface area contributed by atoms with Gasteiger partial charge in [0, 0.05) is 18.3 Å². The van der Waals surface area contributed by atoms with Gasteiger partial charge in [-0.05, 0) is 37.8 Å². The van der Waals surface area contributed by atoms with Gasteiger partial charge in [0.2, 0.25) is 0 Å². The second-order valence-corrected chi connectivity index (χ2v) is 4.30. The molecule has 1 aliphatic carbocycles. The van der Waals surface area contributed by atoms with Crippen molar-refractivity contribution in [3.05, 3.63) is 30.1 Å². The molecule has 16 heavy (non-hydrogen) atoms. The highest BCUT2D eigenvalue weighted by Crippen LogP contribution is 2.17. The van der Waals surface area contributed by atoms with Crippen molar-refractivity contribution in [1.82, 2.24) is 10.3 Å². The average molecular weight is 219 g/mol. The second kappa shape index (κ2) is 5.07. The predicted octanol–water partition coefficient (Wildman–Crippen LogP) is 1.08. The van der Waals surface area contributed by atoms with Crippen molar-refractivity contribution >= 4 is 5.91 Å². The van der Waals surface area contributed by atoms with E-state index in [1.165, 1.54) is 0 Å². The van der Waals surface area contributed by atoms with E-state index in [0.29, 0.717) is 11.7 Å². The van der Waals surface area contributed by atoms with Gasteiger partial charge in [0.05, 0.1) is 0 Å². The van der Waals surface area contributed by atoms with Crippen LogP contribution in [-0.4, -0.2) is 23.0 Å². The molecule has 1 fully saturated rings. The first kappa shape index (κ1) is 11.1. The van der Waals surface area contributed by atoms with Crippen LogP contribution < -0.4 is 11.1 Å². The van der Waals surface area contributed by atoms with Gasteiger partial charge in [0.15, 0.2) is 0 Å². The number of aromatic nitrogens is 1. The van der Waals surface area contributed by atoms with Crippen molar-refractivity contribution in [2.45, 2.75) is 37.8 Å². The molecule has 1 aromatic heterocycles. The Labute approximate surface area is 95.3 Å². The molecular formula is C12H17N3O. The van der Waals surface area contributed by atoms with Crippen LogP contribution >= 0.6 is 0 Å². The first-order chi connectivity index (χ1) is 7.75. The van der Waals surface area contributed by atoms with Crippen LogP contribution in [0.3, 0.4) is 0 Å². The number of amides is 1. The number of hydrogen-bond acceptors (Lipinski definition) is 3. The Morgan fingerprint density at radius 1 is 1.31 bits per heavy atom. The van der Waals surface area contributed by atoms with E-state index in [1.54, 1.807) is 18.3 Å². The third kappa shape index (κ3) is 2.79. The lowest BCUT2D eigenvalue weighted by molar-refractivity contribution is 0.0921. The Morgan fingerprint density at radius 2 is 2.06 bits per heavy atom. The van der Waals surface area contributed by atoms with Gasteiger partial charge >= 0.3 is 0 Å². The number of nitrogens with two attached hydrogens (primary N) is 1. The van der Waals surface area contributed by atoms with Gasteiger partial charge in [-0.15, -0.1) is 0 Å². The van der Waals surface area contributed by atoms with E-state index in [-0.39, 0.29) is 11.9 Å². The molecule has 2 rings (SSSR count). The fourth-order valence-corrected chi connectivity index (χ4v) is 2.02. The minimum absolute atomic E-state index is 0.0823. The molecular weight excluding hydrogens is 202 g/mol. The molecule has 0 aromatic carbocycles. The highest BCUT2D eigenvalue weighted by Gasteiger charge is 2.20. The van der Waals surface area contributed by atoms with E-state index >= 15 is 0 Å². The topological polar surface area (TPSA) is 68.0 Å². The van der Waals surface area contributed by atoms with Crippen LogP contribution in [0.25, 0.3) is 0 Å². The Hall–Kier alpha value is -1.42. The normalized spacial score (nSPS) is 25.1. The number of carbonyl (C=O) groups excluding carboxylic acids is 1. The van der Waals surface area contributed by atoms with Crippen LogP contribution in [0.1, 0.15) is 36.2 Å². The molecule has 86 valence electrons. The molecule has 0 bridgehead atoms. The number of carbonyl (C=O) groups is 1. The van der Waals surface area contributed by atoms with Gasteiger partial charge in [0.25, 0.3) is 5.91 Å². The molecule has 0 saturated heterocycles. The van der Waals surface area contributed by atoms with Crippen molar-refractivity contribution in [2.24, 2.45) is 5.73 Å². The molecule has 0 unspecified atom stereocenters. The fourth-order valence-electron chi connectivity index (χ4n) is 2.02. The highest BCUT2D eigenvalue weighted by molar-refractivity contribution is 5.92. The van der Waals surface area contributed by atoms with E-state index in [4.69, 9.17) is 5.73 Å². The van der Waals surface area contributed by atoms with Gasteiger partial charge in [-0.2, -0.15) is 0 Å². The third-order valence-corrected chi connectivity index (χ3v) is 3.00. The van der Waals surface area contributed by atoms with Gasteiger partial charge in [-0.3, -0.25) is 9.78 Å². The summed E-state index contributed by atoms with van der Waals surface area (Å²) < 4.78 is 0. The molecule has 1 heterocycles. The summed E-state index contributed by atoms with van der Waals surface area (Å²) in [6, 6.07) is 5.91. The Morgan fingerprint density at radius 3 is 2.69 bits per heavy atom. The smallest absolute Gasteiger partial charge is 0.270 e. The summed E-state index contributed by atoms with van der Waals surface area (Å²) in [6.45, 7) is 0. The minimum Gasteiger partial charge on any atom is -0.348 e. The summed E-state index contributed by atoms with van der Waals surface area (Å²) in [4.78, 5) is 15.8. The zero-order valence-corrected chi connectivity index (χ0v) is 9.23. The average Bonchev–Trinajstić information content (AvgIpc) is 2.33. The van der Waals surface area contributed by atoms with Crippen LogP contribution in [0.2, 0.25) is 0 Å². The van der Waals surface area contributed by atoms with Crippen molar-refractivity contribution in [3.8, 4) is 0 Å². The van der Waals surface area contributed by atoms with Gasteiger partial charge in [0.1, 0.15) is 5.69 Å². The van der Waals surface area contributed by atoms with Crippen molar-refractivity contribution in [3.63, 3.8) is 0 Å². The lowest BCUT2D eigenvalue weighted by atomic mass is 9.92. The van der Waals surface area contributed by atoms with E-state index in [2.05, 4.69) is 10.3 Å². The highest BCUT2D eigenvalue weighted by atomic mass is 16.1. The molecule has 0 spiro atoms. The van der Waals surface area contributed by atoms with Crippen LogP contribution in [0.15, 0.2) is 24.4 Å². The number of nitrogens with one attached hydrogen (secondary N) is 1. The van der Waals surface area contributed by atoms with E-state index in [9.17, 15) is 4.79 Å². The van der Waals surface area contributed by atoms with Crippen LogP contribution in [0, 0.1) is 0 Å². The van der Waals surface area contributed by atoms with E-state index < -0.39 is 0 Å². The zero-order valence-electron chi connectivity index (χ0n) is 9.23. The lowest BCUT2D eigenvalue weighted by Gasteiger charge is -2.26. The monoisotopic (exact) mass is 219 g/mol. The Balaban J connectivity index is 1.88.